The molecule has 2 amide bonds. The van der Waals surface area contributed by atoms with Gasteiger partial charge in [-0.3, -0.25) is 14.5 Å². The molecule has 0 spiro atoms. The first kappa shape index (κ1) is 20.7. The molecule has 0 unspecified atom stereocenters. The van der Waals surface area contributed by atoms with Gasteiger partial charge in [0, 0.05) is 30.0 Å². The Labute approximate surface area is 179 Å². The van der Waals surface area contributed by atoms with Crippen LogP contribution in [0.4, 0.5) is 10.1 Å². The predicted molar refractivity (Wildman–Crippen MR) is 115 cm³/mol. The molecule has 7 nitrogen and oxygen atoms in total. The maximum Gasteiger partial charge on any atom is 0.242 e. The van der Waals surface area contributed by atoms with E-state index in [1.165, 1.54) is 18.2 Å². The van der Waals surface area contributed by atoms with E-state index < -0.39 is 11.9 Å². The third kappa shape index (κ3) is 4.34. The van der Waals surface area contributed by atoms with Gasteiger partial charge in [0.25, 0.3) is 0 Å². The summed E-state index contributed by atoms with van der Waals surface area (Å²) in [7, 11) is 0. The van der Waals surface area contributed by atoms with Gasteiger partial charge in [0.1, 0.15) is 11.9 Å². The normalized spacial score (nSPS) is 16.7. The van der Waals surface area contributed by atoms with E-state index >= 15 is 0 Å². The Morgan fingerprint density at radius 2 is 1.97 bits per heavy atom. The highest BCUT2D eigenvalue weighted by Gasteiger charge is 2.36. The van der Waals surface area contributed by atoms with Gasteiger partial charge in [0.15, 0.2) is 0 Å². The highest BCUT2D eigenvalue weighted by Crippen LogP contribution is 2.30. The molecule has 1 aromatic heterocycles. The summed E-state index contributed by atoms with van der Waals surface area (Å²) in [5.74, 6) is -0.896. The Morgan fingerprint density at radius 3 is 2.71 bits per heavy atom. The lowest BCUT2D eigenvalue weighted by molar-refractivity contribution is -0.130. The molecule has 1 saturated heterocycles. The van der Waals surface area contributed by atoms with Crippen LogP contribution in [0, 0.1) is 19.7 Å². The topological polar surface area (TPSA) is 79.3 Å². The van der Waals surface area contributed by atoms with Crippen molar-refractivity contribution in [2.45, 2.75) is 19.9 Å². The molecule has 31 heavy (non-hydrogen) atoms. The number of aromatic nitrogens is 2. The molecule has 1 aliphatic rings. The lowest BCUT2D eigenvalue weighted by Gasteiger charge is -2.34. The van der Waals surface area contributed by atoms with Crippen molar-refractivity contribution in [3.8, 4) is 5.69 Å². The van der Waals surface area contributed by atoms with E-state index in [2.05, 4.69) is 15.7 Å². The Hall–Kier alpha value is -3.52. The van der Waals surface area contributed by atoms with E-state index in [9.17, 15) is 14.0 Å². The highest BCUT2D eigenvalue weighted by molar-refractivity contribution is 5.93. The highest BCUT2D eigenvalue weighted by atomic mass is 19.1. The van der Waals surface area contributed by atoms with Gasteiger partial charge in [-0.25, -0.2) is 9.07 Å². The van der Waals surface area contributed by atoms with Crippen LogP contribution in [0.3, 0.4) is 0 Å². The molecule has 4 rings (SSSR count). The van der Waals surface area contributed by atoms with Gasteiger partial charge in [-0.15, -0.1) is 0 Å². The van der Waals surface area contributed by atoms with Crippen LogP contribution in [0.5, 0.6) is 0 Å². The first-order valence-electron chi connectivity index (χ1n) is 10.1. The Balaban J connectivity index is 1.60. The largest absolute Gasteiger partial charge is 0.353 e. The smallest absolute Gasteiger partial charge is 0.242 e. The molecule has 8 heteroatoms. The molecular weight excluding hydrogens is 397 g/mol. The number of para-hydroxylation sites is 1. The number of hydrogen-bond donors (Lipinski definition) is 2. The van der Waals surface area contributed by atoms with Gasteiger partial charge >= 0.3 is 0 Å². The van der Waals surface area contributed by atoms with Crippen molar-refractivity contribution < 1.29 is 14.0 Å². The summed E-state index contributed by atoms with van der Waals surface area (Å²) in [6.07, 6.45) is 0. The monoisotopic (exact) mass is 421 g/mol. The zero-order valence-corrected chi connectivity index (χ0v) is 17.4. The fourth-order valence-electron chi connectivity index (χ4n) is 4.02. The zero-order chi connectivity index (χ0) is 22.0. The second-order valence-corrected chi connectivity index (χ2v) is 7.55. The van der Waals surface area contributed by atoms with Crippen LogP contribution < -0.4 is 10.6 Å². The number of hydrogen-bond acceptors (Lipinski definition) is 4. The van der Waals surface area contributed by atoms with Crippen LogP contribution in [-0.4, -0.2) is 46.1 Å². The van der Waals surface area contributed by atoms with Crippen LogP contribution in [0.15, 0.2) is 54.6 Å². The van der Waals surface area contributed by atoms with Gasteiger partial charge < -0.3 is 10.6 Å². The average molecular weight is 421 g/mol. The molecule has 2 aromatic carbocycles. The SMILES string of the molecule is Cc1nn(-c2ccccc2)c(C)c1[C@H]1C(=O)NCCN1CC(=O)Nc1cccc(F)c1. The Kier molecular flexibility index (Phi) is 5.81. The number of carbonyl (C=O) groups excluding carboxylic acids is 2. The van der Waals surface area contributed by atoms with Crippen LogP contribution in [0.2, 0.25) is 0 Å². The zero-order valence-electron chi connectivity index (χ0n) is 17.4. The second-order valence-electron chi connectivity index (χ2n) is 7.55. The molecule has 0 aliphatic carbocycles. The lowest BCUT2D eigenvalue weighted by atomic mass is 10.00. The number of amides is 2. The molecule has 1 aliphatic heterocycles. The van der Waals surface area contributed by atoms with E-state index in [1.54, 1.807) is 6.07 Å². The number of nitrogens with zero attached hydrogens (tertiary/aromatic N) is 3. The van der Waals surface area contributed by atoms with E-state index in [-0.39, 0.29) is 18.4 Å². The van der Waals surface area contributed by atoms with Crippen molar-refractivity contribution in [3.05, 3.63) is 77.4 Å². The van der Waals surface area contributed by atoms with Crippen LogP contribution >= 0.6 is 0 Å². The fourth-order valence-corrected chi connectivity index (χ4v) is 4.02. The summed E-state index contributed by atoms with van der Waals surface area (Å²) in [5.41, 5.74) is 3.66. The van der Waals surface area contributed by atoms with Gasteiger partial charge in [-0.1, -0.05) is 24.3 Å². The minimum absolute atomic E-state index is 0.00397. The molecule has 160 valence electrons. The molecule has 1 fully saturated rings. The number of carbonyl (C=O) groups is 2. The van der Waals surface area contributed by atoms with Crippen molar-refractivity contribution in [1.29, 1.82) is 0 Å². The van der Waals surface area contributed by atoms with E-state index in [4.69, 9.17) is 0 Å². The standard InChI is InChI=1S/C23H24FN5O2/c1-15-21(16(2)29(27-15)19-9-4-3-5-10-19)22-23(31)25-11-12-28(22)14-20(30)26-18-8-6-7-17(24)13-18/h3-10,13,22H,11-12,14H2,1-2H3,(H,25,31)(H,26,30)/t22-/m0/s1. The fraction of sp³-hybridized carbons (Fsp3) is 0.261. The summed E-state index contributed by atoms with van der Waals surface area (Å²) in [5, 5.41) is 10.2. The molecule has 0 radical (unpaired) electrons. The van der Waals surface area contributed by atoms with E-state index in [1.807, 2.05) is 53.8 Å². The van der Waals surface area contributed by atoms with Crippen LogP contribution in [-0.2, 0) is 9.59 Å². The number of rotatable bonds is 5. The van der Waals surface area contributed by atoms with Crippen molar-refractivity contribution in [1.82, 2.24) is 20.0 Å². The van der Waals surface area contributed by atoms with Crippen molar-refractivity contribution in [2.24, 2.45) is 0 Å². The molecule has 1 atom stereocenters. The van der Waals surface area contributed by atoms with Crippen molar-refractivity contribution in [2.75, 3.05) is 25.0 Å². The van der Waals surface area contributed by atoms with Gasteiger partial charge in [-0.2, -0.15) is 5.10 Å². The Morgan fingerprint density at radius 1 is 1.19 bits per heavy atom. The summed E-state index contributed by atoms with van der Waals surface area (Å²) < 4.78 is 15.2. The maximum absolute atomic E-state index is 13.4. The summed E-state index contributed by atoms with van der Waals surface area (Å²) in [6, 6.07) is 14.8. The molecule has 2 heterocycles. The first-order chi connectivity index (χ1) is 14.9. The number of anilines is 1. The molecule has 2 N–H and O–H groups in total. The minimum atomic E-state index is -0.635. The average Bonchev–Trinajstić information content (AvgIpc) is 3.03. The summed E-state index contributed by atoms with van der Waals surface area (Å²) in [6.45, 7) is 4.77. The van der Waals surface area contributed by atoms with E-state index in [0.29, 0.717) is 18.8 Å². The maximum atomic E-state index is 13.4. The van der Waals surface area contributed by atoms with Gasteiger partial charge in [-0.05, 0) is 44.2 Å². The molecule has 3 aromatic rings. The van der Waals surface area contributed by atoms with Crippen molar-refractivity contribution in [3.63, 3.8) is 0 Å². The molecule has 0 bridgehead atoms. The molecule has 0 saturated carbocycles. The third-order valence-corrected chi connectivity index (χ3v) is 5.39. The number of benzene rings is 2. The second kappa shape index (κ2) is 8.69. The lowest BCUT2D eigenvalue weighted by Crippen LogP contribution is -2.52. The van der Waals surface area contributed by atoms with Crippen LogP contribution in [0.1, 0.15) is 23.0 Å². The minimum Gasteiger partial charge on any atom is -0.353 e. The summed E-state index contributed by atoms with van der Waals surface area (Å²) in [4.78, 5) is 27.3. The van der Waals surface area contributed by atoms with Gasteiger partial charge in [0.05, 0.1) is 17.9 Å². The quantitative estimate of drug-likeness (QED) is 0.664. The van der Waals surface area contributed by atoms with Gasteiger partial charge in [0.2, 0.25) is 11.8 Å². The number of piperazine rings is 1. The third-order valence-electron chi connectivity index (χ3n) is 5.39. The predicted octanol–water partition coefficient (Wildman–Crippen LogP) is 2.74. The number of nitrogens with one attached hydrogen (secondary N) is 2. The van der Waals surface area contributed by atoms with Crippen molar-refractivity contribution >= 4 is 17.5 Å². The Bertz CT molecular complexity index is 1110. The summed E-state index contributed by atoms with van der Waals surface area (Å²) >= 11 is 0. The van der Waals surface area contributed by atoms with Crippen LogP contribution in [0.25, 0.3) is 5.69 Å². The number of halogens is 1. The number of aryl methyl sites for hydroxylation is 1. The van der Waals surface area contributed by atoms with E-state index in [0.717, 1.165) is 22.6 Å². The molecular formula is C23H24FN5O2. The first-order valence-corrected chi connectivity index (χ1v) is 10.1.